The molecule has 1 fully saturated rings. The first kappa shape index (κ1) is 11.7. The Balaban J connectivity index is 1.57. The highest BCUT2D eigenvalue weighted by atomic mass is 32.1. The highest BCUT2D eigenvalue weighted by Crippen LogP contribution is 2.24. The lowest BCUT2D eigenvalue weighted by atomic mass is 10.4. The van der Waals surface area contributed by atoms with Crippen LogP contribution in [0, 0.1) is 0 Å². The number of nitrogens with zero attached hydrogens (tertiary/aromatic N) is 2. The van der Waals surface area contributed by atoms with Crippen LogP contribution in [-0.4, -0.2) is 18.1 Å². The van der Waals surface area contributed by atoms with Crippen molar-refractivity contribution < 1.29 is 4.42 Å². The molecule has 1 aliphatic rings. The van der Waals surface area contributed by atoms with Crippen LogP contribution >= 0.6 is 11.3 Å². The van der Waals surface area contributed by atoms with Crippen LogP contribution in [0.15, 0.2) is 29.0 Å². The lowest BCUT2D eigenvalue weighted by Crippen LogP contribution is -2.15. The molecule has 0 aromatic carbocycles. The van der Waals surface area contributed by atoms with Gasteiger partial charge in [-0.2, -0.15) is 0 Å². The van der Waals surface area contributed by atoms with Gasteiger partial charge in [-0.3, -0.25) is 0 Å². The standard InChI is InChI=1S/C13H17N3OS/c1-16(9-11-3-2-6-17-11)13-15-8-12(18-13)7-14-10-4-5-10/h2-3,6,8,10,14H,4-5,7,9H2,1H3. The molecule has 2 aromatic heterocycles. The minimum atomic E-state index is 0.747. The average Bonchev–Trinajstić information content (AvgIpc) is 2.88. The summed E-state index contributed by atoms with van der Waals surface area (Å²) in [6.07, 6.45) is 6.32. The molecule has 18 heavy (non-hydrogen) atoms. The number of rotatable bonds is 6. The first-order valence-corrected chi connectivity index (χ1v) is 7.04. The van der Waals surface area contributed by atoms with E-state index in [4.69, 9.17) is 4.42 Å². The molecule has 0 aliphatic heterocycles. The van der Waals surface area contributed by atoms with Crippen molar-refractivity contribution >= 4 is 16.5 Å². The molecule has 0 spiro atoms. The van der Waals surface area contributed by atoms with Crippen molar-refractivity contribution in [2.75, 3.05) is 11.9 Å². The molecule has 2 heterocycles. The van der Waals surface area contributed by atoms with Gasteiger partial charge in [0, 0.05) is 30.7 Å². The minimum absolute atomic E-state index is 0.747. The van der Waals surface area contributed by atoms with Gasteiger partial charge in [0.05, 0.1) is 12.8 Å². The van der Waals surface area contributed by atoms with Gasteiger partial charge in [0.2, 0.25) is 0 Å². The van der Waals surface area contributed by atoms with Crippen LogP contribution in [0.4, 0.5) is 5.13 Å². The maximum atomic E-state index is 5.34. The molecule has 0 atom stereocenters. The number of nitrogens with one attached hydrogen (secondary N) is 1. The number of thiazole rings is 1. The summed E-state index contributed by atoms with van der Waals surface area (Å²) in [6, 6.07) is 4.65. The van der Waals surface area contributed by atoms with Crippen LogP contribution in [0.2, 0.25) is 0 Å². The second kappa shape index (κ2) is 5.12. The topological polar surface area (TPSA) is 41.3 Å². The molecule has 2 aromatic rings. The quantitative estimate of drug-likeness (QED) is 0.870. The first-order chi connectivity index (χ1) is 8.81. The highest BCUT2D eigenvalue weighted by molar-refractivity contribution is 7.15. The average molecular weight is 263 g/mol. The zero-order chi connectivity index (χ0) is 12.4. The molecule has 96 valence electrons. The fourth-order valence-corrected chi connectivity index (χ4v) is 2.61. The molecule has 0 bridgehead atoms. The van der Waals surface area contributed by atoms with E-state index < -0.39 is 0 Å². The Kier molecular flexibility index (Phi) is 3.34. The summed E-state index contributed by atoms with van der Waals surface area (Å²) in [7, 11) is 2.04. The summed E-state index contributed by atoms with van der Waals surface area (Å²) in [5.74, 6) is 0.963. The van der Waals surface area contributed by atoms with Crippen molar-refractivity contribution in [2.24, 2.45) is 0 Å². The minimum Gasteiger partial charge on any atom is -0.467 e. The lowest BCUT2D eigenvalue weighted by molar-refractivity contribution is 0.507. The van der Waals surface area contributed by atoms with E-state index in [1.165, 1.54) is 17.7 Å². The zero-order valence-electron chi connectivity index (χ0n) is 10.4. The van der Waals surface area contributed by atoms with Gasteiger partial charge in [-0.15, -0.1) is 11.3 Å². The number of anilines is 1. The van der Waals surface area contributed by atoms with Crippen LogP contribution in [0.1, 0.15) is 23.5 Å². The molecular formula is C13H17N3OS. The van der Waals surface area contributed by atoms with Gasteiger partial charge in [0.1, 0.15) is 5.76 Å². The van der Waals surface area contributed by atoms with Gasteiger partial charge < -0.3 is 14.6 Å². The van der Waals surface area contributed by atoms with Gasteiger partial charge in [-0.05, 0) is 25.0 Å². The molecule has 1 saturated carbocycles. The molecule has 3 rings (SSSR count). The molecular weight excluding hydrogens is 246 g/mol. The van der Waals surface area contributed by atoms with E-state index in [-0.39, 0.29) is 0 Å². The molecule has 0 saturated heterocycles. The van der Waals surface area contributed by atoms with Crippen LogP contribution < -0.4 is 10.2 Å². The van der Waals surface area contributed by atoms with Crippen molar-refractivity contribution in [3.05, 3.63) is 35.2 Å². The third-order valence-corrected chi connectivity index (χ3v) is 4.09. The Morgan fingerprint density at radius 2 is 2.44 bits per heavy atom. The van der Waals surface area contributed by atoms with Gasteiger partial charge in [0.15, 0.2) is 5.13 Å². The SMILES string of the molecule is CN(Cc1ccco1)c1ncc(CNC2CC2)s1. The van der Waals surface area contributed by atoms with Crippen LogP contribution in [-0.2, 0) is 13.1 Å². The molecule has 0 unspecified atom stereocenters. The zero-order valence-corrected chi connectivity index (χ0v) is 11.2. The monoisotopic (exact) mass is 263 g/mol. The third-order valence-electron chi connectivity index (χ3n) is 2.98. The molecule has 1 aliphatic carbocycles. The fourth-order valence-electron chi connectivity index (χ4n) is 1.79. The van der Waals surface area contributed by atoms with Crippen molar-refractivity contribution in [3.63, 3.8) is 0 Å². The number of aromatic nitrogens is 1. The van der Waals surface area contributed by atoms with E-state index in [2.05, 4.69) is 15.2 Å². The Hall–Kier alpha value is -1.33. The van der Waals surface area contributed by atoms with E-state index in [1.807, 2.05) is 25.4 Å². The van der Waals surface area contributed by atoms with Crippen molar-refractivity contribution in [1.82, 2.24) is 10.3 Å². The van der Waals surface area contributed by atoms with Gasteiger partial charge in [0.25, 0.3) is 0 Å². The van der Waals surface area contributed by atoms with E-state index in [9.17, 15) is 0 Å². The third kappa shape index (κ3) is 2.91. The summed E-state index contributed by atoms with van der Waals surface area (Å²) in [5, 5.41) is 4.54. The number of hydrogen-bond acceptors (Lipinski definition) is 5. The van der Waals surface area contributed by atoms with Gasteiger partial charge in [-0.25, -0.2) is 4.98 Å². The summed E-state index contributed by atoms with van der Waals surface area (Å²) in [6.45, 7) is 1.70. The summed E-state index contributed by atoms with van der Waals surface area (Å²) in [5.41, 5.74) is 0. The van der Waals surface area contributed by atoms with Crippen LogP contribution in [0.5, 0.6) is 0 Å². The van der Waals surface area contributed by atoms with E-state index in [0.29, 0.717) is 0 Å². The van der Waals surface area contributed by atoms with E-state index in [1.54, 1.807) is 17.6 Å². The maximum Gasteiger partial charge on any atom is 0.185 e. The van der Waals surface area contributed by atoms with Crippen LogP contribution in [0.25, 0.3) is 0 Å². The maximum absolute atomic E-state index is 5.34. The molecule has 1 N–H and O–H groups in total. The normalized spacial score (nSPS) is 14.9. The predicted molar refractivity (Wildman–Crippen MR) is 72.8 cm³/mol. The second-order valence-electron chi connectivity index (χ2n) is 4.70. The number of hydrogen-bond donors (Lipinski definition) is 1. The van der Waals surface area contributed by atoms with Crippen molar-refractivity contribution in [2.45, 2.75) is 32.0 Å². The van der Waals surface area contributed by atoms with Gasteiger partial charge >= 0.3 is 0 Å². The van der Waals surface area contributed by atoms with Crippen molar-refractivity contribution in [3.8, 4) is 0 Å². The van der Waals surface area contributed by atoms with Crippen molar-refractivity contribution in [1.29, 1.82) is 0 Å². The van der Waals surface area contributed by atoms with Crippen LogP contribution in [0.3, 0.4) is 0 Å². The Morgan fingerprint density at radius 3 is 3.17 bits per heavy atom. The molecule has 0 radical (unpaired) electrons. The smallest absolute Gasteiger partial charge is 0.185 e. The molecule has 4 nitrogen and oxygen atoms in total. The Bertz CT molecular complexity index is 490. The largest absolute Gasteiger partial charge is 0.467 e. The summed E-state index contributed by atoms with van der Waals surface area (Å²) < 4.78 is 5.34. The lowest BCUT2D eigenvalue weighted by Gasteiger charge is -2.13. The summed E-state index contributed by atoms with van der Waals surface area (Å²) >= 11 is 1.74. The Labute approximate surface area is 111 Å². The second-order valence-corrected chi connectivity index (χ2v) is 5.79. The Morgan fingerprint density at radius 1 is 1.56 bits per heavy atom. The van der Waals surface area contributed by atoms with E-state index in [0.717, 1.165) is 30.0 Å². The summed E-state index contributed by atoms with van der Waals surface area (Å²) in [4.78, 5) is 7.87. The molecule has 5 heteroatoms. The predicted octanol–water partition coefficient (Wildman–Crippen LogP) is 2.62. The highest BCUT2D eigenvalue weighted by Gasteiger charge is 2.20. The van der Waals surface area contributed by atoms with Gasteiger partial charge in [-0.1, -0.05) is 0 Å². The number of furan rings is 1. The first-order valence-electron chi connectivity index (χ1n) is 6.23. The fraction of sp³-hybridized carbons (Fsp3) is 0.462. The van der Waals surface area contributed by atoms with E-state index >= 15 is 0 Å². The molecule has 0 amide bonds.